The van der Waals surface area contributed by atoms with Crippen LogP contribution in [0.1, 0.15) is 36.5 Å². The van der Waals surface area contributed by atoms with E-state index in [1.54, 1.807) is 12.1 Å². The number of phenols is 2. The van der Waals surface area contributed by atoms with Gasteiger partial charge in [-0.1, -0.05) is 13.0 Å². The van der Waals surface area contributed by atoms with Gasteiger partial charge in [-0.3, -0.25) is 4.79 Å². The van der Waals surface area contributed by atoms with Crippen molar-refractivity contribution in [3.05, 3.63) is 23.8 Å². The molecule has 0 unspecified atom stereocenters. The third-order valence-electron chi connectivity index (χ3n) is 3.72. The number of amides is 1. The predicted octanol–water partition coefficient (Wildman–Crippen LogP) is 1.70. The maximum Gasteiger partial charge on any atom is 0.258 e. The van der Waals surface area contributed by atoms with Crippen LogP contribution in [-0.2, 0) is 0 Å². The minimum Gasteiger partial charge on any atom is -0.504 e. The molecule has 5 nitrogen and oxygen atoms in total. The van der Waals surface area contributed by atoms with Gasteiger partial charge < -0.3 is 20.4 Å². The van der Waals surface area contributed by atoms with Gasteiger partial charge in [0.25, 0.3) is 5.91 Å². The van der Waals surface area contributed by atoms with Crippen molar-refractivity contribution in [2.45, 2.75) is 32.2 Å². The number of aromatic hydroxyl groups is 2. The quantitative estimate of drug-likeness (QED) is 0.733. The molecule has 0 aromatic heterocycles. The van der Waals surface area contributed by atoms with Crippen molar-refractivity contribution in [2.75, 3.05) is 19.6 Å². The zero-order valence-electron chi connectivity index (χ0n) is 11.8. The number of nitrogens with zero attached hydrogens (tertiary/aromatic N) is 1. The summed E-state index contributed by atoms with van der Waals surface area (Å²) in [6.07, 6.45) is 2.71. The van der Waals surface area contributed by atoms with Crippen LogP contribution in [0.15, 0.2) is 18.2 Å². The molecular formula is C15H22N2O3. The highest BCUT2D eigenvalue weighted by Crippen LogP contribution is 2.30. The SMILES string of the molecule is CCCN(C(=O)c1cccc(O)c1O)C1CCNCC1. The Labute approximate surface area is 119 Å². The molecule has 2 rings (SSSR count). The number of phenolic OH excluding ortho intramolecular Hbond substituents is 2. The molecule has 0 spiro atoms. The standard InChI is InChI=1S/C15H22N2O3/c1-2-10-17(11-6-8-16-9-7-11)15(20)12-4-3-5-13(18)14(12)19/h3-5,11,16,18-19H,2,6-10H2,1H3. The maximum absolute atomic E-state index is 12.6. The van der Waals surface area contributed by atoms with E-state index in [4.69, 9.17) is 0 Å². The Kier molecular flexibility index (Phi) is 4.84. The van der Waals surface area contributed by atoms with E-state index in [2.05, 4.69) is 5.32 Å². The molecular weight excluding hydrogens is 256 g/mol. The largest absolute Gasteiger partial charge is 0.504 e. The van der Waals surface area contributed by atoms with Gasteiger partial charge in [0.2, 0.25) is 0 Å². The van der Waals surface area contributed by atoms with Gasteiger partial charge in [-0.25, -0.2) is 0 Å². The molecule has 0 saturated carbocycles. The van der Waals surface area contributed by atoms with Crippen LogP contribution in [0.3, 0.4) is 0 Å². The van der Waals surface area contributed by atoms with Crippen molar-refractivity contribution >= 4 is 5.91 Å². The summed E-state index contributed by atoms with van der Waals surface area (Å²) < 4.78 is 0. The first kappa shape index (κ1) is 14.7. The first-order valence-electron chi connectivity index (χ1n) is 7.17. The summed E-state index contributed by atoms with van der Waals surface area (Å²) in [5.41, 5.74) is 0.178. The third kappa shape index (κ3) is 3.04. The molecule has 1 heterocycles. The smallest absolute Gasteiger partial charge is 0.258 e. The highest BCUT2D eigenvalue weighted by Gasteiger charge is 2.27. The van der Waals surface area contributed by atoms with Crippen LogP contribution >= 0.6 is 0 Å². The summed E-state index contributed by atoms with van der Waals surface area (Å²) in [5.74, 6) is -0.780. The van der Waals surface area contributed by atoms with E-state index in [1.807, 2.05) is 11.8 Å². The normalized spacial score (nSPS) is 16.1. The average Bonchev–Trinajstić information content (AvgIpc) is 2.48. The summed E-state index contributed by atoms with van der Waals surface area (Å²) in [7, 11) is 0. The van der Waals surface area contributed by atoms with E-state index in [0.717, 1.165) is 32.4 Å². The maximum atomic E-state index is 12.6. The minimum absolute atomic E-state index is 0.178. The van der Waals surface area contributed by atoms with E-state index < -0.39 is 0 Å². The second-order valence-electron chi connectivity index (χ2n) is 5.15. The molecule has 110 valence electrons. The summed E-state index contributed by atoms with van der Waals surface area (Å²) in [6, 6.07) is 4.71. The molecule has 5 heteroatoms. The molecule has 3 N–H and O–H groups in total. The lowest BCUT2D eigenvalue weighted by Crippen LogP contribution is -2.46. The van der Waals surface area contributed by atoms with Crippen LogP contribution < -0.4 is 5.32 Å². The molecule has 1 saturated heterocycles. The first-order chi connectivity index (χ1) is 9.65. The Balaban J connectivity index is 2.23. The minimum atomic E-state index is -0.326. The van der Waals surface area contributed by atoms with Crippen molar-refractivity contribution in [3.8, 4) is 11.5 Å². The topological polar surface area (TPSA) is 72.8 Å². The zero-order valence-corrected chi connectivity index (χ0v) is 11.8. The molecule has 20 heavy (non-hydrogen) atoms. The van der Waals surface area contributed by atoms with Crippen molar-refractivity contribution in [3.63, 3.8) is 0 Å². The van der Waals surface area contributed by atoms with E-state index in [-0.39, 0.29) is 29.0 Å². The molecule has 1 aliphatic rings. The van der Waals surface area contributed by atoms with Gasteiger partial charge in [-0.05, 0) is 44.5 Å². The average molecular weight is 278 g/mol. The fraction of sp³-hybridized carbons (Fsp3) is 0.533. The first-order valence-corrected chi connectivity index (χ1v) is 7.17. The molecule has 1 fully saturated rings. The highest BCUT2D eigenvalue weighted by atomic mass is 16.3. The lowest BCUT2D eigenvalue weighted by atomic mass is 10.0. The third-order valence-corrected chi connectivity index (χ3v) is 3.72. The fourth-order valence-corrected chi connectivity index (χ4v) is 2.67. The lowest BCUT2D eigenvalue weighted by Gasteiger charge is -2.34. The van der Waals surface area contributed by atoms with Crippen molar-refractivity contribution in [1.29, 1.82) is 0 Å². The Hall–Kier alpha value is -1.75. The van der Waals surface area contributed by atoms with Gasteiger partial charge >= 0.3 is 0 Å². The summed E-state index contributed by atoms with van der Waals surface area (Å²) in [6.45, 7) is 4.51. The van der Waals surface area contributed by atoms with Gasteiger partial charge in [-0.15, -0.1) is 0 Å². The molecule has 0 aliphatic carbocycles. The molecule has 1 aromatic rings. The lowest BCUT2D eigenvalue weighted by molar-refractivity contribution is 0.0639. The van der Waals surface area contributed by atoms with Crippen LogP contribution in [0.25, 0.3) is 0 Å². The van der Waals surface area contributed by atoms with Crippen molar-refractivity contribution in [2.24, 2.45) is 0 Å². The Morgan fingerprint density at radius 3 is 2.70 bits per heavy atom. The molecule has 0 radical (unpaired) electrons. The number of nitrogens with one attached hydrogen (secondary N) is 1. The van der Waals surface area contributed by atoms with Crippen LogP contribution in [0, 0.1) is 0 Å². The Morgan fingerprint density at radius 1 is 1.35 bits per heavy atom. The van der Waals surface area contributed by atoms with Gasteiger partial charge in [0, 0.05) is 12.6 Å². The fourth-order valence-electron chi connectivity index (χ4n) is 2.67. The molecule has 1 aliphatic heterocycles. The number of carbonyl (C=O) groups excluding carboxylic acids is 1. The second-order valence-corrected chi connectivity index (χ2v) is 5.15. The molecule has 0 atom stereocenters. The van der Waals surface area contributed by atoms with Gasteiger partial charge in [0.1, 0.15) is 0 Å². The number of piperidine rings is 1. The van der Waals surface area contributed by atoms with Crippen LogP contribution in [-0.4, -0.2) is 46.7 Å². The summed E-state index contributed by atoms with van der Waals surface area (Å²) >= 11 is 0. The van der Waals surface area contributed by atoms with Gasteiger partial charge in [0.05, 0.1) is 5.56 Å². The van der Waals surface area contributed by atoms with Crippen LogP contribution in [0.4, 0.5) is 0 Å². The summed E-state index contributed by atoms with van der Waals surface area (Å²) in [5, 5.41) is 22.7. The molecule has 1 amide bonds. The number of hydrogen-bond acceptors (Lipinski definition) is 4. The van der Waals surface area contributed by atoms with Crippen LogP contribution in [0.2, 0.25) is 0 Å². The van der Waals surface area contributed by atoms with Crippen molar-refractivity contribution < 1.29 is 15.0 Å². The number of rotatable bonds is 4. The van der Waals surface area contributed by atoms with Gasteiger partial charge in [-0.2, -0.15) is 0 Å². The van der Waals surface area contributed by atoms with E-state index in [1.165, 1.54) is 6.07 Å². The number of benzene rings is 1. The Bertz CT molecular complexity index is 470. The van der Waals surface area contributed by atoms with Crippen molar-refractivity contribution in [1.82, 2.24) is 10.2 Å². The number of hydrogen-bond donors (Lipinski definition) is 3. The van der Waals surface area contributed by atoms with E-state index in [9.17, 15) is 15.0 Å². The van der Waals surface area contributed by atoms with Crippen LogP contribution in [0.5, 0.6) is 11.5 Å². The monoisotopic (exact) mass is 278 g/mol. The number of carbonyl (C=O) groups is 1. The highest BCUT2D eigenvalue weighted by molar-refractivity contribution is 5.97. The second kappa shape index (κ2) is 6.61. The molecule has 1 aromatic carbocycles. The Morgan fingerprint density at radius 2 is 2.05 bits per heavy atom. The molecule has 0 bridgehead atoms. The zero-order chi connectivity index (χ0) is 14.5. The number of para-hydroxylation sites is 1. The van der Waals surface area contributed by atoms with Gasteiger partial charge in [0.15, 0.2) is 11.5 Å². The van der Waals surface area contributed by atoms with E-state index >= 15 is 0 Å². The predicted molar refractivity (Wildman–Crippen MR) is 77.0 cm³/mol. The van der Waals surface area contributed by atoms with E-state index in [0.29, 0.717) is 6.54 Å². The summed E-state index contributed by atoms with van der Waals surface area (Å²) in [4.78, 5) is 14.5.